The van der Waals surface area contributed by atoms with Gasteiger partial charge in [-0.15, -0.1) is 4.98 Å². The number of aromatic nitrogens is 4. The molecule has 8 nitrogen and oxygen atoms in total. The fourth-order valence-electron chi connectivity index (χ4n) is 3.40. The molecule has 0 bridgehead atoms. The molecule has 4 rings (SSSR count). The van der Waals surface area contributed by atoms with Crippen LogP contribution in [0.15, 0.2) is 60.9 Å². The van der Waals surface area contributed by atoms with Crippen LogP contribution in [0, 0.1) is 6.57 Å². The van der Waals surface area contributed by atoms with Crippen LogP contribution in [0.2, 0.25) is 0 Å². The number of hydrogen-bond acceptors (Lipinski definition) is 6. The molecular formula is C24H22N6O2. The molecule has 0 saturated carbocycles. The zero-order valence-electron chi connectivity index (χ0n) is 17.8. The SMILES string of the molecule is [C-]#[N+]c1cnc(Nc2cc(-c3c(OC)cc(CCc4ccccc4)cc3OC)[nH]n2)cn1. The quantitative estimate of drug-likeness (QED) is 0.387. The van der Waals surface area contributed by atoms with Crippen LogP contribution in [0.1, 0.15) is 11.1 Å². The first-order valence-corrected chi connectivity index (χ1v) is 10.0. The average molecular weight is 426 g/mol. The summed E-state index contributed by atoms with van der Waals surface area (Å²) in [5, 5.41) is 10.4. The third-order valence-electron chi connectivity index (χ3n) is 4.97. The Morgan fingerprint density at radius 3 is 2.25 bits per heavy atom. The Morgan fingerprint density at radius 1 is 0.906 bits per heavy atom. The number of nitrogens with zero attached hydrogens (tertiary/aromatic N) is 4. The van der Waals surface area contributed by atoms with Gasteiger partial charge >= 0.3 is 0 Å². The van der Waals surface area contributed by atoms with Crippen LogP contribution in [0.3, 0.4) is 0 Å². The van der Waals surface area contributed by atoms with Crippen molar-refractivity contribution in [3.8, 4) is 22.8 Å². The molecule has 0 aliphatic rings. The van der Waals surface area contributed by atoms with E-state index in [9.17, 15) is 0 Å². The molecule has 0 radical (unpaired) electrons. The van der Waals surface area contributed by atoms with Crippen LogP contribution in [-0.2, 0) is 12.8 Å². The van der Waals surface area contributed by atoms with Crippen molar-refractivity contribution < 1.29 is 9.47 Å². The number of methoxy groups -OCH3 is 2. The zero-order valence-corrected chi connectivity index (χ0v) is 17.8. The van der Waals surface area contributed by atoms with Gasteiger partial charge in [0.05, 0.1) is 31.7 Å². The van der Waals surface area contributed by atoms with Crippen LogP contribution >= 0.6 is 0 Å². The van der Waals surface area contributed by atoms with Crippen molar-refractivity contribution in [3.63, 3.8) is 0 Å². The number of benzene rings is 2. The largest absolute Gasteiger partial charge is 0.496 e. The van der Waals surface area contributed by atoms with Gasteiger partial charge in [-0.25, -0.2) is 4.98 Å². The summed E-state index contributed by atoms with van der Waals surface area (Å²) in [7, 11) is 3.28. The van der Waals surface area contributed by atoms with E-state index in [0.717, 1.165) is 29.7 Å². The lowest BCUT2D eigenvalue weighted by molar-refractivity contribution is 0.396. The number of nitrogens with one attached hydrogen (secondary N) is 2. The minimum atomic E-state index is 0.236. The molecule has 4 aromatic rings. The summed E-state index contributed by atoms with van der Waals surface area (Å²) in [4.78, 5) is 11.4. The van der Waals surface area contributed by atoms with Crippen LogP contribution in [0.25, 0.3) is 16.1 Å². The summed E-state index contributed by atoms with van der Waals surface area (Å²) >= 11 is 0. The molecule has 0 unspecified atom stereocenters. The molecule has 0 aliphatic carbocycles. The highest BCUT2D eigenvalue weighted by atomic mass is 16.5. The standard InChI is InChI=1S/C24H22N6O2/c1-25-22-14-27-23(15-26-22)28-21-13-18(29-30-21)24-19(31-2)11-17(12-20(24)32-3)10-9-16-7-5-4-6-8-16/h4-8,11-15H,9-10H2,2-3H3,(H2,27,28,29,30). The number of anilines is 2. The van der Waals surface area contributed by atoms with Crippen molar-refractivity contribution in [3.05, 3.63) is 83.5 Å². The van der Waals surface area contributed by atoms with Crippen molar-refractivity contribution in [1.29, 1.82) is 0 Å². The second-order valence-electron chi connectivity index (χ2n) is 7.02. The van der Waals surface area contributed by atoms with Crippen LogP contribution in [-0.4, -0.2) is 34.4 Å². The van der Waals surface area contributed by atoms with E-state index in [1.54, 1.807) is 14.2 Å². The lowest BCUT2D eigenvalue weighted by atomic mass is 10.0. The van der Waals surface area contributed by atoms with E-state index in [1.165, 1.54) is 18.0 Å². The number of rotatable bonds is 8. The third-order valence-corrected chi connectivity index (χ3v) is 4.97. The van der Waals surface area contributed by atoms with Gasteiger partial charge in [0, 0.05) is 6.07 Å². The molecule has 0 aliphatic heterocycles. The van der Waals surface area contributed by atoms with Gasteiger partial charge in [-0.1, -0.05) is 36.9 Å². The van der Waals surface area contributed by atoms with Crippen molar-refractivity contribution in [1.82, 2.24) is 20.2 Å². The summed E-state index contributed by atoms with van der Waals surface area (Å²) in [6.07, 6.45) is 4.69. The highest BCUT2D eigenvalue weighted by molar-refractivity contribution is 5.77. The molecule has 2 aromatic carbocycles. The highest BCUT2D eigenvalue weighted by Crippen LogP contribution is 2.39. The Balaban J connectivity index is 1.57. The summed E-state index contributed by atoms with van der Waals surface area (Å²) in [6, 6.07) is 16.3. The van der Waals surface area contributed by atoms with E-state index >= 15 is 0 Å². The molecular weight excluding hydrogens is 404 g/mol. The Bertz CT molecular complexity index is 1200. The number of hydrogen-bond donors (Lipinski definition) is 2. The molecule has 2 heterocycles. The molecule has 8 heteroatoms. The second-order valence-corrected chi connectivity index (χ2v) is 7.02. The van der Waals surface area contributed by atoms with Crippen molar-refractivity contribution in [2.24, 2.45) is 0 Å². The molecule has 0 atom stereocenters. The maximum Gasteiger partial charge on any atom is 0.288 e. The summed E-state index contributed by atoms with van der Waals surface area (Å²) in [5.41, 5.74) is 3.93. The van der Waals surface area contributed by atoms with Gasteiger partial charge in [-0.3, -0.25) is 5.10 Å². The predicted octanol–water partition coefficient (Wildman–Crippen LogP) is 4.96. The number of aromatic amines is 1. The smallest absolute Gasteiger partial charge is 0.288 e. The summed E-state index contributed by atoms with van der Waals surface area (Å²) in [5.74, 6) is 2.68. The normalized spacial score (nSPS) is 10.4. The monoisotopic (exact) mass is 426 g/mol. The van der Waals surface area contributed by atoms with Crippen LogP contribution in [0.4, 0.5) is 17.5 Å². The highest BCUT2D eigenvalue weighted by Gasteiger charge is 2.17. The van der Waals surface area contributed by atoms with Gasteiger partial charge < -0.3 is 19.6 Å². The molecule has 160 valence electrons. The first kappa shape index (κ1) is 20.9. The second kappa shape index (κ2) is 9.62. The third kappa shape index (κ3) is 4.68. The minimum Gasteiger partial charge on any atom is -0.496 e. The van der Waals surface area contributed by atoms with Crippen LogP contribution < -0.4 is 14.8 Å². The van der Waals surface area contributed by atoms with E-state index < -0.39 is 0 Å². The van der Waals surface area contributed by atoms with E-state index in [4.69, 9.17) is 16.0 Å². The summed E-state index contributed by atoms with van der Waals surface area (Å²) in [6.45, 7) is 6.96. The van der Waals surface area contributed by atoms with Crippen LogP contribution in [0.5, 0.6) is 11.5 Å². The topological polar surface area (TPSA) is 89.3 Å². The number of aryl methyl sites for hydroxylation is 2. The maximum atomic E-state index is 6.96. The van der Waals surface area contributed by atoms with Gasteiger partial charge in [0.2, 0.25) is 0 Å². The fraction of sp³-hybridized carbons (Fsp3) is 0.167. The predicted molar refractivity (Wildman–Crippen MR) is 123 cm³/mol. The number of H-pyrrole nitrogens is 1. The maximum absolute atomic E-state index is 6.96. The fourth-order valence-corrected chi connectivity index (χ4v) is 3.40. The van der Waals surface area contributed by atoms with Gasteiger partial charge in [-0.05, 0) is 36.1 Å². The Morgan fingerprint density at radius 2 is 1.62 bits per heavy atom. The van der Waals surface area contributed by atoms with Crippen molar-refractivity contribution in [2.45, 2.75) is 12.8 Å². The van der Waals surface area contributed by atoms with E-state index in [1.807, 2.05) is 36.4 Å². The molecule has 2 N–H and O–H groups in total. The number of ether oxygens (including phenoxy) is 2. The molecule has 0 saturated heterocycles. The Hall–Kier alpha value is -4.38. The first-order valence-electron chi connectivity index (χ1n) is 10.0. The van der Waals surface area contributed by atoms with Gasteiger partial charge in [0.15, 0.2) is 17.8 Å². The first-order chi connectivity index (χ1) is 15.7. The Labute approximate surface area is 186 Å². The van der Waals surface area contributed by atoms with E-state index in [-0.39, 0.29) is 5.82 Å². The van der Waals surface area contributed by atoms with Crippen molar-refractivity contribution in [2.75, 3.05) is 19.5 Å². The van der Waals surface area contributed by atoms with Crippen molar-refractivity contribution >= 4 is 17.5 Å². The minimum absolute atomic E-state index is 0.236. The lowest BCUT2D eigenvalue weighted by Gasteiger charge is -2.14. The lowest BCUT2D eigenvalue weighted by Crippen LogP contribution is -1.98. The Kier molecular flexibility index (Phi) is 6.28. The molecule has 0 amide bonds. The van der Waals surface area contributed by atoms with Gasteiger partial charge in [0.1, 0.15) is 11.5 Å². The zero-order chi connectivity index (χ0) is 22.3. The van der Waals surface area contributed by atoms with E-state index in [2.05, 4.69) is 42.5 Å². The summed E-state index contributed by atoms with van der Waals surface area (Å²) < 4.78 is 11.4. The molecule has 0 fully saturated rings. The molecule has 2 aromatic heterocycles. The van der Waals surface area contributed by atoms with Gasteiger partial charge in [-0.2, -0.15) is 5.10 Å². The van der Waals surface area contributed by atoms with E-state index in [0.29, 0.717) is 23.1 Å². The van der Waals surface area contributed by atoms with Gasteiger partial charge in [0.25, 0.3) is 5.82 Å². The molecule has 32 heavy (non-hydrogen) atoms. The molecule has 0 spiro atoms. The average Bonchev–Trinajstić information content (AvgIpc) is 3.31.